The largest absolute Gasteiger partial charge is 0.497 e. The number of rotatable bonds is 11. The number of pyridine rings is 1. The van der Waals surface area contributed by atoms with E-state index in [9.17, 15) is 15.0 Å². The normalized spacial score (nSPS) is 19.6. The lowest BCUT2D eigenvalue weighted by Gasteiger charge is -2.37. The van der Waals surface area contributed by atoms with Gasteiger partial charge in [0.2, 0.25) is 0 Å². The number of aliphatic hydroxyl groups excluding tert-OH is 1. The minimum Gasteiger partial charge on any atom is -0.497 e. The number of aryl methyl sites for hydroxylation is 1. The molecule has 188 valence electrons. The van der Waals surface area contributed by atoms with Crippen molar-refractivity contribution in [2.45, 2.75) is 42.9 Å². The minimum absolute atomic E-state index is 0.0733. The molecule has 1 saturated heterocycles. The number of aliphatic hydroxyl groups is 1. The van der Waals surface area contributed by atoms with Gasteiger partial charge in [0.15, 0.2) is 0 Å². The number of nitrogens with zero attached hydrogens (tertiary/aromatic N) is 2. The summed E-state index contributed by atoms with van der Waals surface area (Å²) in [7, 11) is 1.62. The maximum absolute atomic E-state index is 12.1. The molecule has 8 heteroatoms. The Morgan fingerprint density at radius 1 is 1.34 bits per heavy atom. The van der Waals surface area contributed by atoms with Gasteiger partial charge in [-0.15, -0.1) is 23.1 Å². The van der Waals surface area contributed by atoms with E-state index in [-0.39, 0.29) is 5.92 Å². The van der Waals surface area contributed by atoms with Crippen molar-refractivity contribution in [3.8, 4) is 5.75 Å². The molecule has 0 aliphatic carbocycles. The molecule has 3 heterocycles. The molecule has 0 bridgehead atoms. The highest BCUT2D eigenvalue weighted by Gasteiger charge is 2.34. The Morgan fingerprint density at radius 2 is 2.20 bits per heavy atom. The highest BCUT2D eigenvalue weighted by atomic mass is 32.2. The molecule has 0 saturated carbocycles. The van der Waals surface area contributed by atoms with Gasteiger partial charge in [0.25, 0.3) is 0 Å². The Bertz CT molecular complexity index is 1140. The second kappa shape index (κ2) is 12.2. The highest BCUT2D eigenvalue weighted by Crippen LogP contribution is 2.34. The van der Waals surface area contributed by atoms with Gasteiger partial charge in [-0.05, 0) is 98.5 Å². The molecule has 1 aliphatic heterocycles. The van der Waals surface area contributed by atoms with Crippen LogP contribution in [0.15, 0.2) is 46.1 Å². The van der Waals surface area contributed by atoms with Crippen LogP contribution in [0.2, 0.25) is 0 Å². The third-order valence-electron chi connectivity index (χ3n) is 6.98. The van der Waals surface area contributed by atoms with Crippen LogP contribution in [0.1, 0.15) is 42.9 Å². The fraction of sp³-hybridized carbons (Fsp3) is 0.481. The van der Waals surface area contributed by atoms with Crippen molar-refractivity contribution in [3.63, 3.8) is 0 Å². The lowest BCUT2D eigenvalue weighted by molar-refractivity contribution is -0.146. The molecule has 0 amide bonds. The SMILES string of the molecule is COc1ccc2nccc(C(O)CC[C@@H]3CCN(CCCSc4sccc4C)C[C@@H]3C(=O)O)c2c1. The molecule has 3 aromatic rings. The number of carboxylic acids is 1. The van der Waals surface area contributed by atoms with Gasteiger partial charge in [-0.1, -0.05) is 0 Å². The number of hydrogen-bond acceptors (Lipinski definition) is 7. The third-order valence-corrected chi connectivity index (χ3v) is 9.50. The van der Waals surface area contributed by atoms with Crippen LogP contribution >= 0.6 is 23.1 Å². The maximum atomic E-state index is 12.1. The maximum Gasteiger partial charge on any atom is 0.308 e. The zero-order chi connectivity index (χ0) is 24.8. The Kier molecular flexibility index (Phi) is 9.05. The standard InChI is InChI=1S/C27H34N2O4S2/c1-18-10-15-35-27(18)34-14-3-12-29-13-9-19(23(17-29)26(31)32)4-7-25(30)21-8-11-28-24-6-5-20(33-2)16-22(21)24/h5-6,8,10-11,15-16,19,23,25,30H,3-4,7,9,12-14,17H2,1-2H3,(H,31,32)/t19-,23+,25?/m1/s1. The van der Waals surface area contributed by atoms with Crippen molar-refractivity contribution in [2.24, 2.45) is 11.8 Å². The number of hydrogen-bond donors (Lipinski definition) is 2. The summed E-state index contributed by atoms with van der Waals surface area (Å²) >= 11 is 3.69. The number of likely N-dealkylation sites (tertiary alicyclic amines) is 1. The van der Waals surface area contributed by atoms with E-state index in [1.54, 1.807) is 24.6 Å². The molecule has 0 radical (unpaired) electrons. The smallest absolute Gasteiger partial charge is 0.308 e. The predicted octanol–water partition coefficient (Wildman–Crippen LogP) is 5.63. The van der Waals surface area contributed by atoms with Crippen molar-refractivity contribution in [2.75, 3.05) is 32.5 Å². The van der Waals surface area contributed by atoms with Crippen molar-refractivity contribution in [1.82, 2.24) is 9.88 Å². The average Bonchev–Trinajstić information content (AvgIpc) is 3.29. The van der Waals surface area contributed by atoms with E-state index in [0.717, 1.165) is 53.9 Å². The van der Waals surface area contributed by atoms with Gasteiger partial charge in [0, 0.05) is 23.9 Å². The van der Waals surface area contributed by atoms with E-state index in [0.29, 0.717) is 19.4 Å². The molecule has 4 rings (SSSR count). The predicted molar refractivity (Wildman–Crippen MR) is 143 cm³/mol. The van der Waals surface area contributed by atoms with Crippen LogP contribution in [0.5, 0.6) is 5.75 Å². The van der Waals surface area contributed by atoms with E-state index >= 15 is 0 Å². The number of aliphatic carboxylic acids is 1. The molecule has 3 atom stereocenters. The van der Waals surface area contributed by atoms with Crippen LogP contribution < -0.4 is 4.74 Å². The summed E-state index contributed by atoms with van der Waals surface area (Å²) in [5, 5.41) is 23.9. The topological polar surface area (TPSA) is 82.9 Å². The van der Waals surface area contributed by atoms with Gasteiger partial charge in [0.1, 0.15) is 5.75 Å². The first-order chi connectivity index (χ1) is 17.0. The number of thiophene rings is 1. The van der Waals surface area contributed by atoms with Crippen LogP contribution in [-0.4, -0.2) is 58.6 Å². The fourth-order valence-corrected chi connectivity index (χ4v) is 7.04. The number of methoxy groups -OCH3 is 1. The summed E-state index contributed by atoms with van der Waals surface area (Å²) in [5.41, 5.74) is 2.97. The van der Waals surface area contributed by atoms with E-state index in [2.05, 4.69) is 28.3 Å². The molecule has 1 aromatic carbocycles. The number of fused-ring (bicyclic) bond motifs is 1. The molecule has 1 unspecified atom stereocenters. The molecule has 1 fully saturated rings. The number of thioether (sulfide) groups is 1. The Labute approximate surface area is 215 Å². The van der Waals surface area contributed by atoms with Gasteiger partial charge >= 0.3 is 5.97 Å². The first-order valence-corrected chi connectivity index (χ1v) is 14.1. The van der Waals surface area contributed by atoms with E-state index in [1.165, 1.54) is 9.77 Å². The van der Waals surface area contributed by atoms with Crippen LogP contribution in [0.25, 0.3) is 10.9 Å². The van der Waals surface area contributed by atoms with Crippen LogP contribution in [-0.2, 0) is 4.79 Å². The lowest BCUT2D eigenvalue weighted by Crippen LogP contribution is -2.44. The molecule has 35 heavy (non-hydrogen) atoms. The molecular formula is C27H34N2O4S2. The van der Waals surface area contributed by atoms with Crippen LogP contribution in [0, 0.1) is 18.8 Å². The number of ether oxygens (including phenoxy) is 1. The number of carboxylic acid groups (broad SMARTS) is 1. The number of benzene rings is 1. The first kappa shape index (κ1) is 25.9. The van der Waals surface area contributed by atoms with E-state index < -0.39 is 18.0 Å². The Morgan fingerprint density at radius 3 is 2.94 bits per heavy atom. The van der Waals surface area contributed by atoms with Gasteiger partial charge in [0.05, 0.1) is 28.9 Å². The summed E-state index contributed by atoms with van der Waals surface area (Å²) in [5.74, 6) is 0.732. The zero-order valence-corrected chi connectivity index (χ0v) is 22.0. The fourth-order valence-electron chi connectivity index (χ4n) is 4.95. The van der Waals surface area contributed by atoms with E-state index in [4.69, 9.17) is 4.74 Å². The molecule has 2 N–H and O–H groups in total. The monoisotopic (exact) mass is 514 g/mol. The number of piperidine rings is 1. The Balaban J connectivity index is 1.30. The van der Waals surface area contributed by atoms with Gasteiger partial charge in [-0.25, -0.2) is 0 Å². The summed E-state index contributed by atoms with van der Waals surface area (Å²) in [6.45, 7) is 4.59. The highest BCUT2D eigenvalue weighted by molar-refractivity contribution is 8.01. The number of carbonyl (C=O) groups is 1. The quantitative estimate of drug-likeness (QED) is 0.253. The third kappa shape index (κ3) is 6.55. The van der Waals surface area contributed by atoms with Crippen LogP contribution in [0.3, 0.4) is 0 Å². The van der Waals surface area contributed by atoms with Gasteiger partial charge < -0.3 is 19.8 Å². The summed E-state index contributed by atoms with van der Waals surface area (Å²) in [6.07, 6.45) is 4.17. The first-order valence-electron chi connectivity index (χ1n) is 12.2. The summed E-state index contributed by atoms with van der Waals surface area (Å²) in [6, 6.07) is 9.65. The molecule has 6 nitrogen and oxygen atoms in total. The van der Waals surface area contributed by atoms with Crippen molar-refractivity contribution in [3.05, 3.63) is 53.0 Å². The summed E-state index contributed by atoms with van der Waals surface area (Å²) in [4.78, 5) is 18.8. The second-order valence-corrected chi connectivity index (χ2v) is 11.5. The van der Waals surface area contributed by atoms with Crippen LogP contribution in [0.4, 0.5) is 0 Å². The van der Waals surface area contributed by atoms with E-state index in [1.807, 2.05) is 36.0 Å². The molecule has 0 spiro atoms. The zero-order valence-electron chi connectivity index (χ0n) is 20.4. The lowest BCUT2D eigenvalue weighted by atomic mass is 9.81. The minimum atomic E-state index is -0.725. The average molecular weight is 515 g/mol. The molecule has 2 aromatic heterocycles. The molecule has 1 aliphatic rings. The second-order valence-electron chi connectivity index (χ2n) is 9.26. The Hall–Kier alpha value is -2.13. The van der Waals surface area contributed by atoms with Crippen molar-refractivity contribution in [1.29, 1.82) is 0 Å². The van der Waals surface area contributed by atoms with Gasteiger partial charge in [-0.3, -0.25) is 9.78 Å². The number of aromatic nitrogens is 1. The van der Waals surface area contributed by atoms with Crippen molar-refractivity contribution < 1.29 is 19.7 Å². The van der Waals surface area contributed by atoms with Gasteiger partial charge in [-0.2, -0.15) is 0 Å². The molecular weight excluding hydrogens is 480 g/mol. The summed E-state index contributed by atoms with van der Waals surface area (Å²) < 4.78 is 6.72. The van der Waals surface area contributed by atoms with Crippen molar-refractivity contribution >= 4 is 40.0 Å².